The number of alkyl halides is 3. The SMILES string of the molecule is Cn1nc(C(=O)N(Cc2cccnc2)C2CCCc3ccccc32)ccc1=O.O=C(O)C(F)(F)F. The summed E-state index contributed by atoms with van der Waals surface area (Å²) < 4.78 is 32.9. The maximum Gasteiger partial charge on any atom is 0.490 e. The highest BCUT2D eigenvalue weighted by molar-refractivity contribution is 5.92. The van der Waals surface area contributed by atoms with Crippen molar-refractivity contribution in [1.29, 1.82) is 0 Å². The molecule has 1 aliphatic carbocycles. The molecular weight excluding hydrogens is 465 g/mol. The van der Waals surface area contributed by atoms with E-state index >= 15 is 0 Å². The highest BCUT2D eigenvalue weighted by atomic mass is 19.4. The number of hydrogen-bond acceptors (Lipinski definition) is 5. The zero-order valence-electron chi connectivity index (χ0n) is 18.8. The third-order valence-corrected chi connectivity index (χ3v) is 5.47. The molecule has 0 bridgehead atoms. The number of hydrogen-bond donors (Lipinski definition) is 1. The molecule has 2 aromatic heterocycles. The molecule has 0 saturated heterocycles. The lowest BCUT2D eigenvalue weighted by Gasteiger charge is -2.36. The summed E-state index contributed by atoms with van der Waals surface area (Å²) in [5.74, 6) is -2.94. The number of halogens is 3. The maximum atomic E-state index is 13.4. The van der Waals surface area contributed by atoms with Gasteiger partial charge in [0, 0.05) is 32.1 Å². The Morgan fingerprint density at radius 1 is 1.14 bits per heavy atom. The molecule has 0 spiro atoms. The second-order valence-corrected chi connectivity index (χ2v) is 7.88. The average molecular weight is 488 g/mol. The third kappa shape index (κ3) is 6.52. The van der Waals surface area contributed by atoms with Gasteiger partial charge in [0.2, 0.25) is 0 Å². The first-order chi connectivity index (χ1) is 16.6. The average Bonchev–Trinajstić information content (AvgIpc) is 2.84. The quantitative estimate of drug-likeness (QED) is 0.603. The van der Waals surface area contributed by atoms with Gasteiger partial charge in [-0.2, -0.15) is 18.3 Å². The van der Waals surface area contributed by atoms with Gasteiger partial charge in [0.25, 0.3) is 11.5 Å². The van der Waals surface area contributed by atoms with Crippen LogP contribution in [-0.2, 0) is 24.8 Å². The number of nitrogens with zero attached hydrogens (tertiary/aromatic N) is 4. The van der Waals surface area contributed by atoms with Crippen LogP contribution in [0.2, 0.25) is 0 Å². The maximum absolute atomic E-state index is 13.4. The molecule has 4 rings (SSSR count). The zero-order chi connectivity index (χ0) is 25.6. The summed E-state index contributed by atoms with van der Waals surface area (Å²) in [5, 5.41) is 11.3. The molecule has 11 heteroatoms. The van der Waals surface area contributed by atoms with E-state index in [-0.39, 0.29) is 23.2 Å². The Hall–Kier alpha value is -4.02. The number of pyridine rings is 1. The molecule has 0 saturated carbocycles. The fourth-order valence-corrected chi connectivity index (χ4v) is 3.83. The summed E-state index contributed by atoms with van der Waals surface area (Å²) >= 11 is 0. The summed E-state index contributed by atoms with van der Waals surface area (Å²) in [4.78, 5) is 40.1. The summed E-state index contributed by atoms with van der Waals surface area (Å²) in [6.45, 7) is 0.441. The molecule has 2 heterocycles. The number of aryl methyl sites for hydroxylation is 2. The van der Waals surface area contributed by atoms with Gasteiger partial charge in [0.15, 0.2) is 0 Å². The Kier molecular flexibility index (Phi) is 8.00. The van der Waals surface area contributed by atoms with Crippen LogP contribution in [0.15, 0.2) is 65.7 Å². The Labute approximate surface area is 198 Å². The molecule has 0 radical (unpaired) electrons. The fraction of sp³-hybridized carbons (Fsp3) is 0.292. The summed E-state index contributed by atoms with van der Waals surface area (Å²) in [5.41, 5.74) is 3.48. The summed E-state index contributed by atoms with van der Waals surface area (Å²) in [6, 6.07) is 15.0. The topological polar surface area (TPSA) is 105 Å². The first kappa shape index (κ1) is 25.6. The monoisotopic (exact) mass is 488 g/mol. The van der Waals surface area contributed by atoms with E-state index in [0.29, 0.717) is 6.54 Å². The molecule has 3 aromatic rings. The van der Waals surface area contributed by atoms with Crippen LogP contribution in [0, 0.1) is 0 Å². The van der Waals surface area contributed by atoms with Gasteiger partial charge in [-0.15, -0.1) is 0 Å². The first-order valence-electron chi connectivity index (χ1n) is 10.7. The lowest BCUT2D eigenvalue weighted by molar-refractivity contribution is -0.192. The van der Waals surface area contributed by atoms with Gasteiger partial charge in [-0.1, -0.05) is 30.3 Å². The van der Waals surface area contributed by atoms with E-state index < -0.39 is 12.1 Å². The minimum absolute atomic E-state index is 0.0308. The van der Waals surface area contributed by atoms with Gasteiger partial charge in [0.1, 0.15) is 5.69 Å². The van der Waals surface area contributed by atoms with Crippen LogP contribution in [0.3, 0.4) is 0 Å². The van der Waals surface area contributed by atoms with E-state index in [9.17, 15) is 22.8 Å². The van der Waals surface area contributed by atoms with Crippen molar-refractivity contribution in [2.24, 2.45) is 7.05 Å². The number of carboxylic acid groups (broad SMARTS) is 1. The third-order valence-electron chi connectivity index (χ3n) is 5.47. The molecule has 184 valence electrons. The molecule has 1 atom stereocenters. The minimum Gasteiger partial charge on any atom is -0.475 e. The van der Waals surface area contributed by atoms with Gasteiger partial charge in [-0.05, 0) is 48.1 Å². The first-order valence-corrected chi connectivity index (χ1v) is 10.7. The van der Waals surface area contributed by atoms with Crippen LogP contribution in [0.1, 0.15) is 46.1 Å². The lowest BCUT2D eigenvalue weighted by atomic mass is 9.86. The van der Waals surface area contributed by atoms with Crippen molar-refractivity contribution in [3.05, 3.63) is 93.7 Å². The van der Waals surface area contributed by atoms with Crippen LogP contribution in [-0.4, -0.2) is 42.8 Å². The minimum atomic E-state index is -5.08. The van der Waals surface area contributed by atoms with E-state index in [2.05, 4.69) is 22.2 Å². The fourth-order valence-electron chi connectivity index (χ4n) is 3.83. The van der Waals surface area contributed by atoms with Crippen LogP contribution >= 0.6 is 0 Å². The summed E-state index contributed by atoms with van der Waals surface area (Å²) in [6.07, 6.45) is 1.37. The number of rotatable bonds is 4. The van der Waals surface area contributed by atoms with Crippen LogP contribution in [0.4, 0.5) is 13.2 Å². The number of aromatic nitrogens is 3. The van der Waals surface area contributed by atoms with Crippen molar-refractivity contribution < 1.29 is 27.9 Å². The van der Waals surface area contributed by atoms with Crippen molar-refractivity contribution in [2.45, 2.75) is 38.0 Å². The van der Waals surface area contributed by atoms with Crippen molar-refractivity contribution >= 4 is 11.9 Å². The number of amides is 1. The predicted octanol–water partition coefficient (Wildman–Crippen LogP) is 3.53. The normalized spacial score (nSPS) is 14.8. The Morgan fingerprint density at radius 2 is 1.86 bits per heavy atom. The number of carbonyl (C=O) groups excluding carboxylic acids is 1. The van der Waals surface area contributed by atoms with Crippen LogP contribution in [0.5, 0.6) is 0 Å². The second kappa shape index (κ2) is 10.9. The van der Waals surface area contributed by atoms with Crippen molar-refractivity contribution in [2.75, 3.05) is 0 Å². The Bertz CT molecular complexity index is 1250. The van der Waals surface area contributed by atoms with Gasteiger partial charge >= 0.3 is 12.1 Å². The van der Waals surface area contributed by atoms with E-state index in [1.165, 1.54) is 27.9 Å². The largest absolute Gasteiger partial charge is 0.490 e. The number of aliphatic carboxylic acids is 1. The van der Waals surface area contributed by atoms with Gasteiger partial charge < -0.3 is 10.0 Å². The molecular formula is C24H23F3N4O4. The Balaban J connectivity index is 0.000000429. The molecule has 1 aromatic carbocycles. The molecule has 35 heavy (non-hydrogen) atoms. The molecule has 0 aliphatic heterocycles. The van der Waals surface area contributed by atoms with E-state index in [0.717, 1.165) is 24.8 Å². The molecule has 1 N–H and O–H groups in total. The predicted molar refractivity (Wildman–Crippen MR) is 119 cm³/mol. The number of fused-ring (bicyclic) bond motifs is 1. The number of carbonyl (C=O) groups is 2. The number of benzene rings is 1. The van der Waals surface area contributed by atoms with E-state index in [4.69, 9.17) is 9.90 Å². The van der Waals surface area contributed by atoms with Gasteiger partial charge in [0.05, 0.1) is 6.04 Å². The number of carboxylic acids is 1. The van der Waals surface area contributed by atoms with Gasteiger partial charge in [-0.25, -0.2) is 9.48 Å². The second-order valence-electron chi connectivity index (χ2n) is 7.88. The van der Waals surface area contributed by atoms with E-state index in [1.807, 2.05) is 29.2 Å². The molecule has 1 unspecified atom stereocenters. The zero-order valence-corrected chi connectivity index (χ0v) is 18.8. The van der Waals surface area contributed by atoms with Crippen LogP contribution in [0.25, 0.3) is 0 Å². The molecule has 1 amide bonds. The van der Waals surface area contributed by atoms with Crippen molar-refractivity contribution in [3.63, 3.8) is 0 Å². The summed E-state index contributed by atoms with van der Waals surface area (Å²) in [7, 11) is 1.56. The van der Waals surface area contributed by atoms with E-state index in [1.54, 1.807) is 19.4 Å². The molecule has 1 aliphatic rings. The standard InChI is InChI=1S/C22H22N4O2.C2HF3O2/c1-25-21(27)12-11-19(24-25)22(28)26(15-16-6-5-13-23-14-16)20-10-4-8-17-7-2-3-9-18(17)20;3-2(4,5)1(6)7/h2-3,5-7,9,11-14,20H,4,8,10,15H2,1H3;(H,6,7). The van der Waals surface area contributed by atoms with Crippen LogP contribution < -0.4 is 5.56 Å². The highest BCUT2D eigenvalue weighted by Gasteiger charge is 2.38. The Morgan fingerprint density at radius 3 is 2.49 bits per heavy atom. The highest BCUT2D eigenvalue weighted by Crippen LogP contribution is 2.35. The smallest absolute Gasteiger partial charge is 0.475 e. The van der Waals surface area contributed by atoms with Crippen molar-refractivity contribution in [1.82, 2.24) is 19.7 Å². The van der Waals surface area contributed by atoms with Crippen molar-refractivity contribution in [3.8, 4) is 0 Å². The molecule has 0 fully saturated rings. The van der Waals surface area contributed by atoms with Gasteiger partial charge in [-0.3, -0.25) is 14.6 Å². The lowest BCUT2D eigenvalue weighted by Crippen LogP contribution is -2.37. The molecule has 8 nitrogen and oxygen atoms in total.